The number of rotatable bonds is 3. The van der Waals surface area contributed by atoms with Crippen molar-refractivity contribution < 1.29 is 14.0 Å². The Kier molecular flexibility index (Phi) is 3.64. The fourth-order valence-electron chi connectivity index (χ4n) is 2.90. The molecule has 0 bridgehead atoms. The number of aryl methyl sites for hydroxylation is 2. The van der Waals surface area contributed by atoms with Gasteiger partial charge < -0.3 is 14.6 Å². The lowest BCUT2D eigenvalue weighted by atomic mass is 10.0. The standard InChI is InChI=1S/C17H20N2O3/c1-4-19-8-12(7-16(19)20)18-17(21)14-9-22-15-6-11(3)10(2)5-13(14)15/h5-6,9,12H,4,7-8H2,1-3H3,(H,18,21). The predicted molar refractivity (Wildman–Crippen MR) is 83.8 cm³/mol. The molecule has 5 nitrogen and oxygen atoms in total. The molecule has 2 aromatic rings. The lowest BCUT2D eigenvalue weighted by Crippen LogP contribution is -2.37. The van der Waals surface area contributed by atoms with Crippen LogP contribution in [0.4, 0.5) is 0 Å². The van der Waals surface area contributed by atoms with Gasteiger partial charge >= 0.3 is 0 Å². The number of likely N-dealkylation sites (N-methyl/N-ethyl adjacent to an activating group) is 1. The Morgan fingerprint density at radius 3 is 2.77 bits per heavy atom. The average Bonchev–Trinajstić information content (AvgIpc) is 3.02. The first-order valence-electron chi connectivity index (χ1n) is 7.56. The van der Waals surface area contributed by atoms with Crippen LogP contribution in [-0.2, 0) is 4.79 Å². The molecule has 1 saturated heterocycles. The highest BCUT2D eigenvalue weighted by molar-refractivity contribution is 6.06. The number of benzene rings is 1. The zero-order valence-corrected chi connectivity index (χ0v) is 13.1. The van der Waals surface area contributed by atoms with Gasteiger partial charge in [-0.2, -0.15) is 0 Å². The summed E-state index contributed by atoms with van der Waals surface area (Å²) in [7, 11) is 0. The number of hydrogen-bond donors (Lipinski definition) is 1. The van der Waals surface area contributed by atoms with Crippen LogP contribution in [0.15, 0.2) is 22.8 Å². The lowest BCUT2D eigenvalue weighted by molar-refractivity contribution is -0.127. The van der Waals surface area contributed by atoms with Gasteiger partial charge in [0, 0.05) is 24.9 Å². The first-order chi connectivity index (χ1) is 10.5. The van der Waals surface area contributed by atoms with Crippen molar-refractivity contribution in [3.63, 3.8) is 0 Å². The van der Waals surface area contributed by atoms with Gasteiger partial charge in [0.25, 0.3) is 5.91 Å². The van der Waals surface area contributed by atoms with Crippen LogP contribution in [-0.4, -0.2) is 35.8 Å². The molecule has 2 heterocycles. The summed E-state index contributed by atoms with van der Waals surface area (Å²) in [5, 5.41) is 3.76. The maximum Gasteiger partial charge on any atom is 0.255 e. The molecule has 0 spiro atoms. The number of amides is 2. The molecule has 1 atom stereocenters. The third kappa shape index (κ3) is 2.47. The zero-order valence-electron chi connectivity index (χ0n) is 13.1. The van der Waals surface area contributed by atoms with Crippen LogP contribution < -0.4 is 5.32 Å². The van der Waals surface area contributed by atoms with Crippen molar-refractivity contribution in [3.05, 3.63) is 35.1 Å². The molecule has 3 rings (SSSR count). The Bertz CT molecular complexity index is 748. The fraction of sp³-hybridized carbons (Fsp3) is 0.412. The molecule has 22 heavy (non-hydrogen) atoms. The summed E-state index contributed by atoms with van der Waals surface area (Å²) in [5.74, 6) is -0.0888. The third-order valence-corrected chi connectivity index (χ3v) is 4.37. The number of hydrogen-bond acceptors (Lipinski definition) is 3. The van der Waals surface area contributed by atoms with Crippen LogP contribution in [0.3, 0.4) is 0 Å². The molecule has 1 aromatic carbocycles. The van der Waals surface area contributed by atoms with E-state index in [1.54, 1.807) is 4.90 Å². The summed E-state index contributed by atoms with van der Waals surface area (Å²) < 4.78 is 5.50. The zero-order chi connectivity index (χ0) is 15.9. The van der Waals surface area contributed by atoms with E-state index in [4.69, 9.17) is 4.42 Å². The Morgan fingerprint density at radius 2 is 2.09 bits per heavy atom. The van der Waals surface area contributed by atoms with E-state index in [0.29, 0.717) is 30.7 Å². The van der Waals surface area contributed by atoms with Crippen LogP contribution in [0.25, 0.3) is 11.0 Å². The molecule has 2 amide bonds. The summed E-state index contributed by atoms with van der Waals surface area (Å²) in [5.41, 5.74) is 3.50. The van der Waals surface area contributed by atoms with E-state index < -0.39 is 0 Å². The number of nitrogens with one attached hydrogen (secondary N) is 1. The summed E-state index contributed by atoms with van der Waals surface area (Å²) in [6.45, 7) is 7.23. The Morgan fingerprint density at radius 1 is 1.36 bits per heavy atom. The largest absolute Gasteiger partial charge is 0.463 e. The van der Waals surface area contributed by atoms with E-state index in [0.717, 1.165) is 16.5 Å². The van der Waals surface area contributed by atoms with E-state index in [1.807, 2.05) is 32.9 Å². The summed E-state index contributed by atoms with van der Waals surface area (Å²) >= 11 is 0. The highest BCUT2D eigenvalue weighted by Gasteiger charge is 2.30. The van der Waals surface area contributed by atoms with Crippen LogP contribution in [0, 0.1) is 13.8 Å². The number of nitrogens with zero attached hydrogens (tertiary/aromatic N) is 1. The molecule has 5 heteroatoms. The average molecular weight is 300 g/mol. The van der Waals surface area contributed by atoms with Gasteiger partial charge in [-0.25, -0.2) is 0 Å². The normalized spacial score (nSPS) is 18.2. The minimum atomic E-state index is -0.183. The first kappa shape index (κ1) is 14.6. The van der Waals surface area contributed by atoms with Crippen molar-refractivity contribution >= 4 is 22.8 Å². The quantitative estimate of drug-likeness (QED) is 0.946. The number of fused-ring (bicyclic) bond motifs is 1. The molecule has 1 unspecified atom stereocenters. The molecule has 1 aliphatic rings. The molecular formula is C17H20N2O3. The molecule has 0 radical (unpaired) electrons. The molecule has 1 N–H and O–H groups in total. The van der Waals surface area contributed by atoms with E-state index in [-0.39, 0.29) is 17.9 Å². The lowest BCUT2D eigenvalue weighted by Gasteiger charge is -2.14. The van der Waals surface area contributed by atoms with Crippen LogP contribution >= 0.6 is 0 Å². The van der Waals surface area contributed by atoms with Gasteiger partial charge in [0.2, 0.25) is 5.91 Å². The first-order valence-corrected chi connectivity index (χ1v) is 7.56. The van der Waals surface area contributed by atoms with Crippen molar-refractivity contribution in [3.8, 4) is 0 Å². The van der Waals surface area contributed by atoms with Crippen LogP contribution in [0.5, 0.6) is 0 Å². The highest BCUT2D eigenvalue weighted by atomic mass is 16.3. The molecule has 1 aliphatic heterocycles. The monoisotopic (exact) mass is 300 g/mol. The van der Waals surface area contributed by atoms with E-state index in [1.165, 1.54) is 6.26 Å². The summed E-state index contributed by atoms with van der Waals surface area (Å²) in [4.78, 5) is 26.0. The van der Waals surface area contributed by atoms with Gasteiger partial charge in [0.05, 0.1) is 11.6 Å². The van der Waals surface area contributed by atoms with Crippen molar-refractivity contribution in [2.75, 3.05) is 13.1 Å². The number of likely N-dealkylation sites (tertiary alicyclic amines) is 1. The van der Waals surface area contributed by atoms with Gasteiger partial charge in [-0.1, -0.05) is 0 Å². The van der Waals surface area contributed by atoms with Gasteiger partial charge in [0.15, 0.2) is 0 Å². The fourth-order valence-corrected chi connectivity index (χ4v) is 2.90. The molecule has 1 fully saturated rings. The van der Waals surface area contributed by atoms with E-state index in [2.05, 4.69) is 5.32 Å². The van der Waals surface area contributed by atoms with Gasteiger partial charge in [-0.05, 0) is 44.0 Å². The number of carbonyl (C=O) groups is 2. The Labute approximate surface area is 129 Å². The predicted octanol–water partition coefficient (Wildman–Crippen LogP) is 2.40. The number of furan rings is 1. The topological polar surface area (TPSA) is 62.6 Å². The molecule has 0 saturated carbocycles. The second-order valence-electron chi connectivity index (χ2n) is 5.89. The SMILES string of the molecule is CCN1CC(NC(=O)c2coc3cc(C)c(C)cc23)CC1=O. The minimum Gasteiger partial charge on any atom is -0.463 e. The van der Waals surface area contributed by atoms with Gasteiger partial charge in [0.1, 0.15) is 11.8 Å². The smallest absolute Gasteiger partial charge is 0.255 e. The maximum absolute atomic E-state index is 12.5. The molecular weight excluding hydrogens is 280 g/mol. The number of carbonyl (C=O) groups excluding carboxylic acids is 2. The minimum absolute atomic E-state index is 0.0938. The van der Waals surface area contributed by atoms with Crippen molar-refractivity contribution in [2.45, 2.75) is 33.2 Å². The second kappa shape index (κ2) is 5.48. The van der Waals surface area contributed by atoms with Gasteiger partial charge in [-0.15, -0.1) is 0 Å². The van der Waals surface area contributed by atoms with Crippen molar-refractivity contribution in [1.82, 2.24) is 10.2 Å². The van der Waals surface area contributed by atoms with Crippen LogP contribution in [0.1, 0.15) is 34.8 Å². The summed E-state index contributed by atoms with van der Waals surface area (Å²) in [6, 6.07) is 3.79. The molecule has 0 aliphatic carbocycles. The third-order valence-electron chi connectivity index (χ3n) is 4.37. The van der Waals surface area contributed by atoms with Crippen molar-refractivity contribution in [2.24, 2.45) is 0 Å². The van der Waals surface area contributed by atoms with Gasteiger partial charge in [-0.3, -0.25) is 9.59 Å². The van der Waals surface area contributed by atoms with Crippen LogP contribution in [0.2, 0.25) is 0 Å². The maximum atomic E-state index is 12.5. The van der Waals surface area contributed by atoms with Crippen molar-refractivity contribution in [1.29, 1.82) is 0 Å². The Balaban J connectivity index is 1.81. The second-order valence-corrected chi connectivity index (χ2v) is 5.89. The van der Waals surface area contributed by atoms with E-state index in [9.17, 15) is 9.59 Å². The molecule has 116 valence electrons. The summed E-state index contributed by atoms with van der Waals surface area (Å²) in [6.07, 6.45) is 1.86. The Hall–Kier alpha value is -2.30. The van der Waals surface area contributed by atoms with E-state index >= 15 is 0 Å². The highest BCUT2D eigenvalue weighted by Crippen LogP contribution is 2.25. The molecule has 1 aromatic heterocycles.